The van der Waals surface area contributed by atoms with Crippen molar-refractivity contribution < 1.29 is 0 Å². The second-order valence-electron chi connectivity index (χ2n) is 14.2. The molecule has 5 aromatic rings. The molecule has 4 heteroatoms. The van der Waals surface area contributed by atoms with Gasteiger partial charge in [0, 0.05) is 37.8 Å². The normalized spacial score (nSPS) is 16.8. The molecule has 0 saturated heterocycles. The zero-order chi connectivity index (χ0) is 34.5. The summed E-state index contributed by atoms with van der Waals surface area (Å²) in [6, 6.07) is 55.9. The Labute approximate surface area is 300 Å². The summed E-state index contributed by atoms with van der Waals surface area (Å²) in [5.41, 5.74) is 13.2. The molecular formula is C46H52N4. The lowest BCUT2D eigenvalue weighted by molar-refractivity contribution is 0.0499. The molecule has 0 heterocycles. The average molecular weight is 661 g/mol. The molecule has 0 aliphatic heterocycles. The number of hydrogen-bond donors (Lipinski definition) is 1. The van der Waals surface area contributed by atoms with Gasteiger partial charge in [-0.3, -0.25) is 9.80 Å². The highest BCUT2D eigenvalue weighted by Crippen LogP contribution is 2.45. The Balaban J connectivity index is 0.000000178. The number of benzene rings is 5. The minimum absolute atomic E-state index is 0.00691. The van der Waals surface area contributed by atoms with E-state index in [1.165, 1.54) is 40.7 Å². The maximum atomic E-state index is 9.85. The quantitative estimate of drug-likeness (QED) is 0.145. The Morgan fingerprint density at radius 1 is 0.480 bits per heavy atom. The minimum Gasteiger partial charge on any atom is -0.322 e. The van der Waals surface area contributed by atoms with Gasteiger partial charge in [-0.2, -0.15) is 5.26 Å². The summed E-state index contributed by atoms with van der Waals surface area (Å²) in [5.74, 6) is 0. The molecule has 4 nitrogen and oxygen atoms in total. The fourth-order valence-electron chi connectivity index (χ4n) is 8.18. The molecule has 1 unspecified atom stereocenters. The number of nitrogens with zero attached hydrogens (tertiary/aromatic N) is 3. The van der Waals surface area contributed by atoms with E-state index >= 15 is 0 Å². The number of nitrogens with two attached hydrogens (primary N) is 1. The number of nitriles is 1. The molecule has 5 aromatic carbocycles. The summed E-state index contributed by atoms with van der Waals surface area (Å²) < 4.78 is 0. The highest BCUT2D eigenvalue weighted by Gasteiger charge is 2.45. The fourth-order valence-corrected chi connectivity index (χ4v) is 8.18. The summed E-state index contributed by atoms with van der Waals surface area (Å²) in [4.78, 5) is 5.03. The molecule has 0 radical (unpaired) electrons. The van der Waals surface area contributed by atoms with E-state index in [1.807, 2.05) is 12.1 Å². The van der Waals surface area contributed by atoms with Gasteiger partial charge in [-0.25, -0.2) is 0 Å². The highest BCUT2D eigenvalue weighted by molar-refractivity contribution is 5.26. The van der Waals surface area contributed by atoms with Crippen LogP contribution >= 0.6 is 0 Å². The molecule has 0 amide bonds. The van der Waals surface area contributed by atoms with E-state index < -0.39 is 0 Å². The summed E-state index contributed by atoms with van der Waals surface area (Å²) in [6.45, 7) is 3.53. The smallest absolute Gasteiger partial charge is 0.109 e. The fraction of sp³-hybridized carbons (Fsp3) is 0.326. The summed E-state index contributed by atoms with van der Waals surface area (Å²) in [6.07, 6.45) is 9.11. The van der Waals surface area contributed by atoms with Gasteiger partial charge >= 0.3 is 0 Å². The van der Waals surface area contributed by atoms with Crippen LogP contribution in [0.4, 0.5) is 0 Å². The molecule has 0 bridgehead atoms. The molecule has 7 rings (SSSR count). The van der Waals surface area contributed by atoms with E-state index in [-0.39, 0.29) is 17.1 Å². The molecule has 0 spiro atoms. The predicted octanol–water partition coefficient (Wildman–Crippen LogP) is 10.2. The molecular weight excluding hydrogens is 609 g/mol. The molecule has 0 aromatic heterocycles. The van der Waals surface area contributed by atoms with Crippen LogP contribution < -0.4 is 5.73 Å². The Hall–Kier alpha value is -4.53. The van der Waals surface area contributed by atoms with E-state index in [1.54, 1.807) is 0 Å². The van der Waals surface area contributed by atoms with E-state index in [2.05, 4.69) is 155 Å². The first kappa shape index (κ1) is 35.3. The molecule has 2 fully saturated rings. The first-order chi connectivity index (χ1) is 24.6. The highest BCUT2D eigenvalue weighted by atomic mass is 15.2. The lowest BCUT2D eigenvalue weighted by Gasteiger charge is -2.46. The van der Waals surface area contributed by atoms with Gasteiger partial charge in [-0.1, -0.05) is 177 Å². The van der Waals surface area contributed by atoms with Crippen LogP contribution in [-0.2, 0) is 26.2 Å². The van der Waals surface area contributed by atoms with E-state index in [4.69, 9.17) is 5.73 Å². The van der Waals surface area contributed by atoms with Gasteiger partial charge < -0.3 is 5.73 Å². The van der Waals surface area contributed by atoms with Crippen molar-refractivity contribution in [3.63, 3.8) is 0 Å². The van der Waals surface area contributed by atoms with Crippen LogP contribution in [0.1, 0.15) is 85.2 Å². The molecule has 50 heavy (non-hydrogen) atoms. The van der Waals surface area contributed by atoms with Crippen molar-refractivity contribution in [2.45, 2.75) is 94.7 Å². The van der Waals surface area contributed by atoms with Crippen molar-refractivity contribution >= 4 is 0 Å². The molecule has 256 valence electrons. The van der Waals surface area contributed by atoms with Gasteiger partial charge in [0.05, 0.1) is 6.07 Å². The third-order valence-corrected chi connectivity index (χ3v) is 10.9. The van der Waals surface area contributed by atoms with Gasteiger partial charge in [0.15, 0.2) is 0 Å². The van der Waals surface area contributed by atoms with Crippen molar-refractivity contribution in [1.82, 2.24) is 9.80 Å². The molecule has 1 atom stereocenters. The summed E-state index contributed by atoms with van der Waals surface area (Å²) in [5, 5.41) is 9.85. The van der Waals surface area contributed by atoms with Gasteiger partial charge in [0.2, 0.25) is 0 Å². The average Bonchev–Trinajstić information content (AvgIpc) is 3.89. The van der Waals surface area contributed by atoms with Gasteiger partial charge in [0.1, 0.15) is 5.54 Å². The maximum Gasteiger partial charge on any atom is 0.109 e. The third-order valence-electron chi connectivity index (χ3n) is 10.9. The topological polar surface area (TPSA) is 56.3 Å². The summed E-state index contributed by atoms with van der Waals surface area (Å²) >= 11 is 0. The van der Waals surface area contributed by atoms with Crippen LogP contribution in [0.3, 0.4) is 0 Å². The van der Waals surface area contributed by atoms with E-state index in [9.17, 15) is 5.26 Å². The van der Waals surface area contributed by atoms with Crippen LogP contribution in [0.15, 0.2) is 152 Å². The number of hydrogen-bond acceptors (Lipinski definition) is 4. The molecule has 2 aliphatic carbocycles. The van der Waals surface area contributed by atoms with Crippen LogP contribution in [0.2, 0.25) is 0 Å². The zero-order valence-corrected chi connectivity index (χ0v) is 29.4. The van der Waals surface area contributed by atoms with Gasteiger partial charge in [-0.05, 0) is 53.5 Å². The first-order valence-corrected chi connectivity index (χ1v) is 18.5. The number of rotatable bonds is 12. The second-order valence-corrected chi connectivity index (χ2v) is 14.2. The van der Waals surface area contributed by atoms with Crippen LogP contribution in [-0.4, -0.2) is 20.9 Å². The second kappa shape index (κ2) is 17.4. The predicted molar refractivity (Wildman–Crippen MR) is 206 cm³/mol. The van der Waals surface area contributed by atoms with Crippen molar-refractivity contribution in [2.24, 2.45) is 5.73 Å². The maximum absolute atomic E-state index is 9.85. The van der Waals surface area contributed by atoms with Crippen LogP contribution in [0.5, 0.6) is 0 Å². The third kappa shape index (κ3) is 8.79. The van der Waals surface area contributed by atoms with Crippen molar-refractivity contribution in [2.75, 3.05) is 0 Å². The summed E-state index contributed by atoms with van der Waals surface area (Å²) in [7, 11) is 0. The Morgan fingerprint density at radius 2 is 0.800 bits per heavy atom. The lowest BCUT2D eigenvalue weighted by atomic mass is 9.81. The van der Waals surface area contributed by atoms with Crippen molar-refractivity contribution in [1.29, 1.82) is 5.26 Å². The monoisotopic (exact) mass is 660 g/mol. The minimum atomic E-state index is -0.300. The van der Waals surface area contributed by atoms with Crippen molar-refractivity contribution in [3.05, 3.63) is 179 Å². The largest absolute Gasteiger partial charge is 0.322 e. The Bertz CT molecular complexity index is 1640. The van der Waals surface area contributed by atoms with E-state index in [0.717, 1.165) is 64.7 Å². The van der Waals surface area contributed by atoms with Crippen LogP contribution in [0.25, 0.3) is 0 Å². The standard InChI is InChI=1S/C26H30N2.C20H22N2/c27-25(24-16-8-3-9-17-24)26(18-10-11-19-26)28(20-22-12-4-1-5-13-22)21-23-14-6-2-7-15-23;21-17-20(13-7-8-14-20)22(15-18-9-3-1-4-10-18)16-19-11-5-2-6-12-19/h1-9,12-17,25H,10-11,18-21,27H2;1-6,9-12H,7-8,13-16H2. The van der Waals surface area contributed by atoms with Gasteiger partial charge in [-0.15, -0.1) is 0 Å². The SMILES string of the molecule is N#CC1(N(Cc2ccccc2)Cc2ccccc2)CCCC1.NC(c1ccccc1)C1(N(Cc2ccccc2)Cc2ccccc2)CCCC1. The molecule has 2 N–H and O–H groups in total. The van der Waals surface area contributed by atoms with E-state index in [0.29, 0.717) is 0 Å². The zero-order valence-electron chi connectivity index (χ0n) is 29.4. The molecule has 2 saturated carbocycles. The molecule has 2 aliphatic rings. The van der Waals surface area contributed by atoms with Gasteiger partial charge in [0.25, 0.3) is 0 Å². The first-order valence-electron chi connectivity index (χ1n) is 18.5. The Kier molecular flexibility index (Phi) is 12.3. The Morgan fingerprint density at radius 3 is 1.16 bits per heavy atom. The van der Waals surface area contributed by atoms with Crippen LogP contribution in [0, 0.1) is 11.3 Å². The van der Waals surface area contributed by atoms with Crippen molar-refractivity contribution in [3.8, 4) is 6.07 Å². The lowest BCUT2D eigenvalue weighted by Crippen LogP contribution is -2.53.